The highest BCUT2D eigenvalue weighted by atomic mass is 14.7. The first-order valence-electron chi connectivity index (χ1n) is 10.4. The molecule has 0 amide bonds. The van der Waals surface area contributed by atoms with Gasteiger partial charge in [0.15, 0.2) is 0 Å². The summed E-state index contributed by atoms with van der Waals surface area (Å²) in [6.07, 6.45) is 16.8. The highest BCUT2D eigenvalue weighted by Crippen LogP contribution is 2.78. The van der Waals surface area contributed by atoms with Crippen molar-refractivity contribution in [1.29, 1.82) is 0 Å². The Hall–Kier alpha value is -0.260. The van der Waals surface area contributed by atoms with Crippen LogP contribution in [0.1, 0.15) is 71.6 Å². The van der Waals surface area contributed by atoms with Crippen molar-refractivity contribution in [3.63, 3.8) is 0 Å². The number of rotatable bonds is 5. The molecule has 0 N–H and O–H groups in total. The summed E-state index contributed by atoms with van der Waals surface area (Å²) in [5, 5.41) is 0. The highest BCUT2D eigenvalue weighted by Gasteiger charge is 2.70. The van der Waals surface area contributed by atoms with Gasteiger partial charge in [-0.2, -0.15) is 0 Å². The van der Waals surface area contributed by atoms with E-state index < -0.39 is 0 Å². The van der Waals surface area contributed by atoms with Crippen molar-refractivity contribution in [1.82, 2.24) is 0 Å². The molecule has 22 heavy (non-hydrogen) atoms. The van der Waals surface area contributed by atoms with E-state index in [4.69, 9.17) is 0 Å². The van der Waals surface area contributed by atoms with E-state index in [1.165, 1.54) is 12.8 Å². The van der Waals surface area contributed by atoms with Gasteiger partial charge in [0, 0.05) is 5.41 Å². The molecule has 0 nitrogen and oxygen atoms in total. The van der Waals surface area contributed by atoms with E-state index in [9.17, 15) is 0 Å². The number of allylic oxidation sites excluding steroid dienone is 2. The van der Waals surface area contributed by atoms with Crippen molar-refractivity contribution >= 4 is 0 Å². The summed E-state index contributed by atoms with van der Waals surface area (Å²) in [6, 6.07) is 0. The lowest BCUT2D eigenvalue weighted by molar-refractivity contribution is 0.229. The lowest BCUT2D eigenvalue weighted by atomic mass is 9.74. The van der Waals surface area contributed by atoms with Crippen molar-refractivity contribution in [2.24, 2.45) is 52.3 Å². The largest absolute Gasteiger partial charge is 0.0736 e. The smallest absolute Gasteiger partial charge is 0.0133 e. The molecule has 7 unspecified atom stereocenters. The molecular weight excluding hydrogens is 264 g/mol. The second-order valence-corrected chi connectivity index (χ2v) is 10.2. The van der Waals surface area contributed by atoms with Gasteiger partial charge in [-0.25, -0.2) is 0 Å². The molecule has 2 spiro atoms. The van der Waals surface area contributed by atoms with Crippen LogP contribution in [0, 0.1) is 52.3 Å². The van der Waals surface area contributed by atoms with Crippen LogP contribution in [0.5, 0.6) is 0 Å². The fourth-order valence-corrected chi connectivity index (χ4v) is 7.80. The average Bonchev–Trinajstić information content (AvgIpc) is 3.28. The minimum Gasteiger partial charge on any atom is -0.0736 e. The Morgan fingerprint density at radius 1 is 1.23 bits per heavy atom. The van der Waals surface area contributed by atoms with Crippen LogP contribution in [-0.2, 0) is 0 Å². The van der Waals surface area contributed by atoms with E-state index in [2.05, 4.69) is 19.9 Å². The second-order valence-electron chi connectivity index (χ2n) is 10.2. The Labute approximate surface area is 136 Å². The zero-order valence-electron chi connectivity index (χ0n) is 14.5. The predicted octanol–water partition coefficient (Wildman–Crippen LogP) is 5.83. The van der Waals surface area contributed by atoms with E-state index in [-0.39, 0.29) is 0 Å². The molecule has 0 heterocycles. The molecule has 0 radical (unpaired) electrons. The van der Waals surface area contributed by atoms with Crippen molar-refractivity contribution in [2.75, 3.05) is 0 Å². The molecule has 6 aliphatic rings. The van der Waals surface area contributed by atoms with Crippen LogP contribution >= 0.6 is 0 Å². The zero-order chi connectivity index (χ0) is 14.7. The maximum atomic E-state index is 2.82. The Bertz CT molecular complexity index is 548. The Morgan fingerprint density at radius 2 is 2.05 bits per heavy atom. The van der Waals surface area contributed by atoms with E-state index in [0.717, 1.165) is 46.8 Å². The normalized spacial score (nSPS) is 53.9. The molecule has 0 heteroatoms. The van der Waals surface area contributed by atoms with Crippen molar-refractivity contribution in [2.45, 2.75) is 71.6 Å². The fraction of sp³-hybridized carbons (Fsp3) is 0.909. The van der Waals surface area contributed by atoms with Crippen molar-refractivity contribution in [3.05, 3.63) is 11.6 Å². The van der Waals surface area contributed by atoms with Crippen LogP contribution < -0.4 is 0 Å². The molecule has 6 aliphatic carbocycles. The van der Waals surface area contributed by atoms with Crippen LogP contribution in [0.25, 0.3) is 0 Å². The SMILES string of the molecule is CCC(CC1C(C)C12CCC2)C1=CC12CC1CC1C2C1CC1. The van der Waals surface area contributed by atoms with Crippen LogP contribution in [0.15, 0.2) is 11.6 Å². The Balaban J connectivity index is 1.19. The quantitative estimate of drug-likeness (QED) is 0.560. The maximum Gasteiger partial charge on any atom is 0.0133 e. The van der Waals surface area contributed by atoms with Gasteiger partial charge >= 0.3 is 0 Å². The second kappa shape index (κ2) is 3.86. The van der Waals surface area contributed by atoms with Gasteiger partial charge < -0.3 is 0 Å². The molecule has 0 aliphatic heterocycles. The first-order chi connectivity index (χ1) is 10.7. The third-order valence-electron chi connectivity index (χ3n) is 9.53. The lowest BCUT2D eigenvalue weighted by Gasteiger charge is -2.30. The third-order valence-corrected chi connectivity index (χ3v) is 9.53. The summed E-state index contributed by atoms with van der Waals surface area (Å²) < 4.78 is 0. The minimum absolute atomic E-state index is 0.695. The van der Waals surface area contributed by atoms with Gasteiger partial charge in [0.05, 0.1) is 0 Å². The van der Waals surface area contributed by atoms with Crippen LogP contribution in [0.3, 0.4) is 0 Å². The van der Waals surface area contributed by atoms with E-state index in [0.29, 0.717) is 5.41 Å². The zero-order valence-corrected chi connectivity index (χ0v) is 14.5. The minimum atomic E-state index is 0.695. The summed E-state index contributed by atoms with van der Waals surface area (Å²) in [5.41, 5.74) is 3.53. The number of fused-ring (bicyclic) bond motifs is 1. The molecule has 0 bridgehead atoms. The fourth-order valence-electron chi connectivity index (χ4n) is 7.80. The summed E-state index contributed by atoms with van der Waals surface area (Å²) in [4.78, 5) is 0. The molecule has 6 rings (SSSR count). The summed E-state index contributed by atoms with van der Waals surface area (Å²) >= 11 is 0. The van der Waals surface area contributed by atoms with Crippen molar-refractivity contribution in [3.8, 4) is 0 Å². The summed E-state index contributed by atoms with van der Waals surface area (Å²) in [6.45, 7) is 5.03. The molecule has 0 aromatic rings. The summed E-state index contributed by atoms with van der Waals surface area (Å²) in [5.74, 6) is 7.69. The predicted molar refractivity (Wildman–Crippen MR) is 90.3 cm³/mol. The lowest BCUT2D eigenvalue weighted by Crippen LogP contribution is -2.22. The molecule has 0 saturated heterocycles. The molecule has 120 valence electrons. The van der Waals surface area contributed by atoms with Gasteiger partial charge in [-0.05, 0) is 98.2 Å². The molecule has 5 saturated carbocycles. The monoisotopic (exact) mass is 296 g/mol. The molecule has 7 atom stereocenters. The first kappa shape index (κ1) is 13.1. The third kappa shape index (κ3) is 1.47. The van der Waals surface area contributed by atoms with Gasteiger partial charge in [0.25, 0.3) is 0 Å². The van der Waals surface area contributed by atoms with Gasteiger partial charge in [0.1, 0.15) is 0 Å². The van der Waals surface area contributed by atoms with Gasteiger partial charge in [-0.1, -0.05) is 31.9 Å². The van der Waals surface area contributed by atoms with E-state index in [1.807, 2.05) is 5.57 Å². The Kier molecular flexibility index (Phi) is 2.30. The highest BCUT2D eigenvalue weighted by molar-refractivity contribution is 5.47. The van der Waals surface area contributed by atoms with E-state index >= 15 is 0 Å². The maximum absolute atomic E-state index is 2.82. The molecular formula is C22H32. The first-order valence-corrected chi connectivity index (χ1v) is 10.4. The number of hydrogen-bond donors (Lipinski definition) is 0. The van der Waals surface area contributed by atoms with Gasteiger partial charge in [-0.15, -0.1) is 0 Å². The summed E-state index contributed by atoms with van der Waals surface area (Å²) in [7, 11) is 0. The van der Waals surface area contributed by atoms with Crippen LogP contribution in [-0.4, -0.2) is 0 Å². The topological polar surface area (TPSA) is 0 Å². The molecule has 0 aromatic carbocycles. The van der Waals surface area contributed by atoms with Crippen LogP contribution in [0.2, 0.25) is 0 Å². The standard InChI is InChI=1S/C22H32/c1-3-14(10-18-13(2)21(18)7-4-8-21)19-12-22(19)11-16-9-17(16)20(22)15-5-6-15/h12-18,20H,3-11H2,1-2H3. The van der Waals surface area contributed by atoms with E-state index in [1.54, 1.807) is 44.9 Å². The number of hydrogen-bond acceptors (Lipinski definition) is 0. The Morgan fingerprint density at radius 3 is 2.64 bits per heavy atom. The molecule has 0 aromatic heterocycles. The van der Waals surface area contributed by atoms with Crippen molar-refractivity contribution < 1.29 is 0 Å². The van der Waals surface area contributed by atoms with Gasteiger partial charge in [-0.3, -0.25) is 0 Å². The van der Waals surface area contributed by atoms with Crippen LogP contribution in [0.4, 0.5) is 0 Å². The average molecular weight is 296 g/mol. The van der Waals surface area contributed by atoms with Gasteiger partial charge in [0.2, 0.25) is 0 Å². The molecule has 5 fully saturated rings.